The van der Waals surface area contributed by atoms with E-state index < -0.39 is 0 Å². The topological polar surface area (TPSA) is 90.1 Å². The lowest BCUT2D eigenvalue weighted by Crippen LogP contribution is -2.15. The van der Waals surface area contributed by atoms with E-state index in [1.165, 1.54) is 6.20 Å². The van der Waals surface area contributed by atoms with Gasteiger partial charge >= 0.3 is 0 Å². The molecule has 6 heteroatoms. The molecule has 0 unspecified atom stereocenters. The van der Waals surface area contributed by atoms with E-state index in [4.69, 9.17) is 10.5 Å². The van der Waals surface area contributed by atoms with Gasteiger partial charge in [0.15, 0.2) is 5.69 Å². The van der Waals surface area contributed by atoms with Crippen LogP contribution in [0.4, 0.5) is 11.4 Å². The smallest absolute Gasteiger partial charge is 0.276 e. The highest BCUT2D eigenvalue weighted by Crippen LogP contribution is 2.29. The van der Waals surface area contributed by atoms with E-state index in [-0.39, 0.29) is 11.6 Å². The van der Waals surface area contributed by atoms with Crippen molar-refractivity contribution >= 4 is 28.1 Å². The Hall–Kier alpha value is -3.93. The second-order valence-electron chi connectivity index (χ2n) is 5.86. The fourth-order valence-corrected chi connectivity index (χ4v) is 2.71. The molecule has 0 saturated carbocycles. The number of benzene rings is 2. The SMILES string of the molecule is Nc1cccnc1C(=O)Nc1ccc2c(Oc3ccccc3)nccc2c1. The highest BCUT2D eigenvalue weighted by molar-refractivity contribution is 6.07. The van der Waals surface area contributed by atoms with Crippen LogP contribution in [0.1, 0.15) is 10.5 Å². The highest BCUT2D eigenvalue weighted by atomic mass is 16.5. The third-order valence-corrected chi connectivity index (χ3v) is 4.00. The number of aromatic nitrogens is 2. The Morgan fingerprint density at radius 3 is 2.59 bits per heavy atom. The number of hydrogen-bond donors (Lipinski definition) is 2. The average molecular weight is 356 g/mol. The van der Waals surface area contributed by atoms with E-state index in [9.17, 15) is 4.79 Å². The number of carbonyl (C=O) groups is 1. The fourth-order valence-electron chi connectivity index (χ4n) is 2.71. The number of fused-ring (bicyclic) bond motifs is 1. The van der Waals surface area contributed by atoms with Gasteiger partial charge in [-0.25, -0.2) is 9.97 Å². The molecule has 132 valence electrons. The molecule has 4 aromatic rings. The number of carbonyl (C=O) groups excluding carboxylic acids is 1. The van der Waals surface area contributed by atoms with Gasteiger partial charge in [-0.1, -0.05) is 18.2 Å². The number of amides is 1. The minimum Gasteiger partial charge on any atom is -0.438 e. The second-order valence-corrected chi connectivity index (χ2v) is 5.86. The molecule has 0 radical (unpaired) electrons. The van der Waals surface area contributed by atoms with Gasteiger partial charge in [-0.2, -0.15) is 0 Å². The molecule has 2 aromatic carbocycles. The zero-order valence-corrected chi connectivity index (χ0v) is 14.3. The van der Waals surface area contributed by atoms with E-state index in [0.717, 1.165) is 10.8 Å². The first-order valence-corrected chi connectivity index (χ1v) is 8.34. The summed E-state index contributed by atoms with van der Waals surface area (Å²) in [6.45, 7) is 0. The van der Waals surface area contributed by atoms with Crippen LogP contribution < -0.4 is 15.8 Å². The molecule has 1 amide bonds. The zero-order valence-electron chi connectivity index (χ0n) is 14.3. The third-order valence-electron chi connectivity index (χ3n) is 4.00. The largest absolute Gasteiger partial charge is 0.438 e. The first-order valence-electron chi connectivity index (χ1n) is 8.34. The van der Waals surface area contributed by atoms with Gasteiger partial charge in [-0.05, 0) is 53.9 Å². The average Bonchev–Trinajstić information content (AvgIpc) is 2.69. The van der Waals surface area contributed by atoms with Crippen molar-refractivity contribution < 1.29 is 9.53 Å². The van der Waals surface area contributed by atoms with Crippen LogP contribution in [-0.2, 0) is 0 Å². The van der Waals surface area contributed by atoms with Crippen LogP contribution in [0.3, 0.4) is 0 Å². The van der Waals surface area contributed by atoms with Crippen LogP contribution in [0.15, 0.2) is 79.1 Å². The minimum atomic E-state index is -0.359. The first kappa shape index (κ1) is 16.5. The number of nitrogens with two attached hydrogens (primary N) is 1. The molecule has 0 spiro atoms. The molecular weight excluding hydrogens is 340 g/mol. The van der Waals surface area contributed by atoms with Crippen molar-refractivity contribution in [3.63, 3.8) is 0 Å². The summed E-state index contributed by atoms with van der Waals surface area (Å²) in [6, 6.07) is 20.1. The van der Waals surface area contributed by atoms with Gasteiger partial charge < -0.3 is 15.8 Å². The number of anilines is 2. The molecule has 0 aliphatic carbocycles. The van der Waals surface area contributed by atoms with Crippen molar-refractivity contribution in [1.82, 2.24) is 9.97 Å². The zero-order chi connectivity index (χ0) is 18.6. The monoisotopic (exact) mass is 356 g/mol. The quantitative estimate of drug-likeness (QED) is 0.570. The Kier molecular flexibility index (Phi) is 4.37. The standard InChI is InChI=1S/C21H16N4O2/c22-18-7-4-11-23-19(18)20(26)25-15-8-9-17-14(13-15)10-12-24-21(17)27-16-5-2-1-3-6-16/h1-13H,22H2,(H,25,26). The molecule has 0 bridgehead atoms. The maximum Gasteiger partial charge on any atom is 0.276 e. The lowest BCUT2D eigenvalue weighted by molar-refractivity contribution is 0.102. The van der Waals surface area contributed by atoms with Crippen molar-refractivity contribution in [3.8, 4) is 11.6 Å². The maximum atomic E-state index is 12.4. The number of rotatable bonds is 4. The molecule has 0 aliphatic heterocycles. The first-order chi connectivity index (χ1) is 13.2. The maximum absolute atomic E-state index is 12.4. The Bertz CT molecular complexity index is 1110. The number of nitrogens with zero attached hydrogens (tertiary/aromatic N) is 2. The number of nitrogens with one attached hydrogen (secondary N) is 1. The molecule has 6 nitrogen and oxygen atoms in total. The van der Waals surface area contributed by atoms with Gasteiger partial charge in [-0.3, -0.25) is 4.79 Å². The van der Waals surface area contributed by atoms with Gasteiger partial charge in [0.05, 0.1) is 5.69 Å². The lowest BCUT2D eigenvalue weighted by atomic mass is 10.1. The molecular formula is C21H16N4O2. The summed E-state index contributed by atoms with van der Waals surface area (Å²) < 4.78 is 5.87. The molecule has 27 heavy (non-hydrogen) atoms. The van der Waals surface area contributed by atoms with Gasteiger partial charge in [0.2, 0.25) is 5.88 Å². The molecule has 0 aliphatic rings. The number of nitrogen functional groups attached to an aromatic ring is 1. The van der Waals surface area contributed by atoms with Gasteiger partial charge in [0.1, 0.15) is 5.75 Å². The number of pyridine rings is 2. The molecule has 0 atom stereocenters. The van der Waals surface area contributed by atoms with E-state index in [0.29, 0.717) is 23.0 Å². The van der Waals surface area contributed by atoms with E-state index in [2.05, 4.69) is 15.3 Å². The summed E-state index contributed by atoms with van der Waals surface area (Å²) in [5.74, 6) is 0.855. The fraction of sp³-hybridized carbons (Fsp3) is 0. The van der Waals surface area contributed by atoms with Crippen LogP contribution >= 0.6 is 0 Å². The Balaban J connectivity index is 1.61. The van der Waals surface area contributed by atoms with Crippen molar-refractivity contribution in [1.29, 1.82) is 0 Å². The molecule has 0 saturated heterocycles. The summed E-state index contributed by atoms with van der Waals surface area (Å²) >= 11 is 0. The van der Waals surface area contributed by atoms with Crippen LogP contribution in [0.2, 0.25) is 0 Å². The molecule has 2 aromatic heterocycles. The predicted octanol–water partition coefficient (Wildman–Crippen LogP) is 4.26. The Morgan fingerprint density at radius 2 is 1.78 bits per heavy atom. The summed E-state index contributed by atoms with van der Waals surface area (Å²) in [4.78, 5) is 20.7. The Morgan fingerprint density at radius 1 is 0.926 bits per heavy atom. The van der Waals surface area contributed by atoms with E-state index in [1.807, 2.05) is 48.5 Å². The third kappa shape index (κ3) is 3.55. The van der Waals surface area contributed by atoms with Crippen molar-refractivity contribution in [2.24, 2.45) is 0 Å². The number of para-hydroxylation sites is 1. The lowest BCUT2D eigenvalue weighted by Gasteiger charge is -2.10. The Labute approximate surface area is 155 Å². The van der Waals surface area contributed by atoms with Crippen molar-refractivity contribution in [2.45, 2.75) is 0 Å². The van der Waals surface area contributed by atoms with E-state index >= 15 is 0 Å². The van der Waals surface area contributed by atoms with Crippen LogP contribution in [0, 0.1) is 0 Å². The highest BCUT2D eigenvalue weighted by Gasteiger charge is 2.12. The van der Waals surface area contributed by atoms with Crippen LogP contribution in [0.25, 0.3) is 10.8 Å². The molecule has 2 heterocycles. The molecule has 4 rings (SSSR count). The van der Waals surface area contributed by atoms with Gasteiger partial charge in [-0.15, -0.1) is 0 Å². The van der Waals surface area contributed by atoms with Gasteiger partial charge in [0, 0.05) is 23.5 Å². The van der Waals surface area contributed by atoms with Crippen LogP contribution in [0.5, 0.6) is 11.6 Å². The molecule has 3 N–H and O–H groups in total. The minimum absolute atomic E-state index is 0.195. The number of ether oxygens (including phenoxy) is 1. The van der Waals surface area contributed by atoms with Crippen LogP contribution in [-0.4, -0.2) is 15.9 Å². The summed E-state index contributed by atoms with van der Waals surface area (Å²) in [5.41, 5.74) is 6.97. The van der Waals surface area contributed by atoms with Crippen molar-refractivity contribution in [2.75, 3.05) is 11.1 Å². The summed E-state index contributed by atoms with van der Waals surface area (Å²) in [7, 11) is 0. The molecule has 0 fully saturated rings. The summed E-state index contributed by atoms with van der Waals surface area (Å²) in [5, 5.41) is 4.55. The summed E-state index contributed by atoms with van der Waals surface area (Å²) in [6.07, 6.45) is 3.20. The second kappa shape index (κ2) is 7.13. The van der Waals surface area contributed by atoms with Crippen molar-refractivity contribution in [3.05, 3.63) is 84.8 Å². The van der Waals surface area contributed by atoms with Gasteiger partial charge in [0.25, 0.3) is 5.91 Å². The normalized spacial score (nSPS) is 10.5. The predicted molar refractivity (Wildman–Crippen MR) is 105 cm³/mol. The van der Waals surface area contributed by atoms with E-state index in [1.54, 1.807) is 24.4 Å². The number of hydrogen-bond acceptors (Lipinski definition) is 5.